The van der Waals surface area contributed by atoms with Crippen molar-refractivity contribution in [2.75, 3.05) is 33.9 Å². The molecule has 0 aliphatic heterocycles. The Kier molecular flexibility index (Phi) is 7.02. The Morgan fingerprint density at radius 2 is 1.89 bits per heavy atom. The Labute approximate surface area is 116 Å². The van der Waals surface area contributed by atoms with Crippen LogP contribution in [0.2, 0.25) is 0 Å². The molecule has 0 aromatic heterocycles. The minimum Gasteiger partial charge on any atom is -0.389 e. The van der Waals surface area contributed by atoms with Crippen LogP contribution in [-0.2, 0) is 4.74 Å². The van der Waals surface area contributed by atoms with Gasteiger partial charge in [0.2, 0.25) is 0 Å². The fraction of sp³-hybridized carbons (Fsp3) is 0.600. The topological polar surface area (TPSA) is 58.7 Å². The van der Waals surface area contributed by atoms with Crippen molar-refractivity contribution >= 4 is 0 Å². The van der Waals surface area contributed by atoms with Crippen molar-refractivity contribution in [3.63, 3.8) is 0 Å². The SMILES string of the molecule is COCC(O)CN(C)CC(C)C(N)c1ccccc1. The first-order valence-corrected chi connectivity index (χ1v) is 6.70. The third-order valence-electron chi connectivity index (χ3n) is 3.28. The van der Waals surface area contributed by atoms with Gasteiger partial charge in [0.1, 0.15) is 0 Å². The highest BCUT2D eigenvalue weighted by atomic mass is 16.5. The molecule has 0 bridgehead atoms. The number of nitrogens with two attached hydrogens (primary N) is 1. The number of likely N-dealkylation sites (N-methyl/N-ethyl adjacent to an activating group) is 1. The first-order chi connectivity index (χ1) is 9.04. The van der Waals surface area contributed by atoms with Gasteiger partial charge in [0.25, 0.3) is 0 Å². The molecule has 3 N–H and O–H groups in total. The minimum atomic E-state index is -0.449. The summed E-state index contributed by atoms with van der Waals surface area (Å²) in [4.78, 5) is 2.09. The quantitative estimate of drug-likeness (QED) is 0.744. The molecule has 1 aromatic rings. The van der Waals surface area contributed by atoms with Gasteiger partial charge in [0.05, 0.1) is 12.7 Å². The molecule has 0 amide bonds. The van der Waals surface area contributed by atoms with E-state index < -0.39 is 6.10 Å². The summed E-state index contributed by atoms with van der Waals surface area (Å²) in [6.45, 7) is 3.94. The molecule has 0 spiro atoms. The fourth-order valence-corrected chi connectivity index (χ4v) is 2.29. The van der Waals surface area contributed by atoms with E-state index in [4.69, 9.17) is 10.5 Å². The number of ether oxygens (including phenoxy) is 1. The molecule has 1 rings (SSSR count). The maximum atomic E-state index is 9.69. The van der Waals surface area contributed by atoms with Crippen LogP contribution >= 0.6 is 0 Å². The highest BCUT2D eigenvalue weighted by Gasteiger charge is 2.17. The molecule has 0 aliphatic carbocycles. The van der Waals surface area contributed by atoms with E-state index in [2.05, 4.69) is 24.0 Å². The van der Waals surface area contributed by atoms with Crippen molar-refractivity contribution in [3.05, 3.63) is 35.9 Å². The summed E-state index contributed by atoms with van der Waals surface area (Å²) in [5.41, 5.74) is 7.42. The molecule has 0 heterocycles. The predicted molar refractivity (Wildman–Crippen MR) is 77.9 cm³/mol. The van der Waals surface area contributed by atoms with Gasteiger partial charge in [0, 0.05) is 26.2 Å². The highest BCUT2D eigenvalue weighted by Crippen LogP contribution is 2.19. The van der Waals surface area contributed by atoms with Gasteiger partial charge in [-0.05, 0) is 18.5 Å². The molecule has 0 saturated heterocycles. The second-order valence-corrected chi connectivity index (χ2v) is 5.24. The van der Waals surface area contributed by atoms with Gasteiger partial charge in [-0.2, -0.15) is 0 Å². The summed E-state index contributed by atoms with van der Waals surface area (Å²) < 4.78 is 4.92. The van der Waals surface area contributed by atoms with Crippen molar-refractivity contribution < 1.29 is 9.84 Å². The largest absolute Gasteiger partial charge is 0.389 e. The standard InChI is InChI=1S/C15H26N2O2/c1-12(9-17(2)10-14(18)11-19-3)15(16)13-7-5-4-6-8-13/h4-8,12,14-15,18H,9-11,16H2,1-3H3. The van der Waals surface area contributed by atoms with Crippen molar-refractivity contribution in [1.29, 1.82) is 0 Å². The smallest absolute Gasteiger partial charge is 0.0899 e. The Bertz CT molecular complexity index is 345. The van der Waals surface area contributed by atoms with Crippen molar-refractivity contribution in [3.8, 4) is 0 Å². The number of hydrogen-bond acceptors (Lipinski definition) is 4. The van der Waals surface area contributed by atoms with Gasteiger partial charge in [0.15, 0.2) is 0 Å². The van der Waals surface area contributed by atoms with Crippen molar-refractivity contribution in [1.82, 2.24) is 4.90 Å². The number of aliphatic hydroxyl groups is 1. The average Bonchev–Trinajstić information content (AvgIpc) is 2.38. The zero-order chi connectivity index (χ0) is 14.3. The van der Waals surface area contributed by atoms with Crippen LogP contribution in [0.15, 0.2) is 30.3 Å². The van der Waals surface area contributed by atoms with Gasteiger partial charge < -0.3 is 20.5 Å². The summed E-state index contributed by atoms with van der Waals surface area (Å²) in [6, 6.07) is 10.1. The Morgan fingerprint density at radius 3 is 2.47 bits per heavy atom. The number of hydrogen-bond donors (Lipinski definition) is 2. The van der Waals surface area contributed by atoms with Crippen LogP contribution in [0, 0.1) is 5.92 Å². The van der Waals surface area contributed by atoms with Crippen LogP contribution in [0.1, 0.15) is 18.5 Å². The molecule has 1 aromatic carbocycles. The van der Waals surface area contributed by atoms with E-state index in [0.29, 0.717) is 19.1 Å². The van der Waals surface area contributed by atoms with Crippen LogP contribution in [0.4, 0.5) is 0 Å². The first-order valence-electron chi connectivity index (χ1n) is 6.70. The predicted octanol–water partition coefficient (Wildman–Crippen LogP) is 1.26. The third kappa shape index (κ3) is 5.70. The van der Waals surface area contributed by atoms with E-state index in [0.717, 1.165) is 12.1 Å². The second-order valence-electron chi connectivity index (χ2n) is 5.24. The first kappa shape index (κ1) is 16.1. The third-order valence-corrected chi connectivity index (χ3v) is 3.28. The molecule has 4 nitrogen and oxygen atoms in total. The maximum absolute atomic E-state index is 9.69. The van der Waals surface area contributed by atoms with E-state index >= 15 is 0 Å². The number of nitrogens with zero attached hydrogens (tertiary/aromatic N) is 1. The number of methoxy groups -OCH3 is 1. The number of benzene rings is 1. The van der Waals surface area contributed by atoms with Gasteiger partial charge in [-0.15, -0.1) is 0 Å². The van der Waals surface area contributed by atoms with E-state index in [9.17, 15) is 5.11 Å². The fourth-order valence-electron chi connectivity index (χ4n) is 2.29. The van der Waals surface area contributed by atoms with E-state index in [1.54, 1.807) is 7.11 Å². The summed E-state index contributed by atoms with van der Waals surface area (Å²) in [5, 5.41) is 9.69. The summed E-state index contributed by atoms with van der Waals surface area (Å²) in [7, 11) is 3.59. The van der Waals surface area contributed by atoms with Crippen LogP contribution in [0.5, 0.6) is 0 Å². The van der Waals surface area contributed by atoms with Gasteiger partial charge in [-0.1, -0.05) is 37.3 Å². The summed E-state index contributed by atoms with van der Waals surface area (Å²) in [6.07, 6.45) is -0.449. The number of rotatable bonds is 8. The molecule has 108 valence electrons. The number of aliphatic hydroxyl groups excluding tert-OH is 1. The summed E-state index contributed by atoms with van der Waals surface area (Å²) in [5.74, 6) is 0.321. The highest BCUT2D eigenvalue weighted by molar-refractivity contribution is 5.19. The molecule has 19 heavy (non-hydrogen) atoms. The monoisotopic (exact) mass is 266 g/mol. The summed E-state index contributed by atoms with van der Waals surface area (Å²) >= 11 is 0. The van der Waals surface area contributed by atoms with E-state index in [-0.39, 0.29) is 6.04 Å². The van der Waals surface area contributed by atoms with Gasteiger partial charge in [-0.25, -0.2) is 0 Å². The molecule has 0 aliphatic rings. The normalized spacial score (nSPS) is 16.3. The molecular weight excluding hydrogens is 240 g/mol. The molecule has 3 unspecified atom stereocenters. The molecule has 3 atom stereocenters. The Morgan fingerprint density at radius 1 is 1.26 bits per heavy atom. The zero-order valence-corrected chi connectivity index (χ0v) is 12.1. The molecule has 0 fully saturated rings. The zero-order valence-electron chi connectivity index (χ0n) is 12.1. The molecular formula is C15H26N2O2. The Balaban J connectivity index is 2.43. The molecule has 0 radical (unpaired) electrons. The van der Waals surface area contributed by atoms with Gasteiger partial charge in [-0.3, -0.25) is 0 Å². The maximum Gasteiger partial charge on any atom is 0.0899 e. The van der Waals surface area contributed by atoms with E-state index in [1.807, 2.05) is 25.2 Å². The second kappa shape index (κ2) is 8.27. The Hall–Kier alpha value is -0.940. The van der Waals surface area contributed by atoms with Crippen molar-refractivity contribution in [2.45, 2.75) is 19.1 Å². The lowest BCUT2D eigenvalue weighted by Crippen LogP contribution is -2.37. The van der Waals surface area contributed by atoms with E-state index in [1.165, 1.54) is 0 Å². The van der Waals surface area contributed by atoms with Crippen LogP contribution < -0.4 is 5.73 Å². The average molecular weight is 266 g/mol. The lowest BCUT2D eigenvalue weighted by atomic mass is 9.95. The van der Waals surface area contributed by atoms with Crippen molar-refractivity contribution in [2.24, 2.45) is 11.7 Å². The lowest BCUT2D eigenvalue weighted by molar-refractivity contribution is 0.0401. The van der Waals surface area contributed by atoms with Gasteiger partial charge >= 0.3 is 0 Å². The van der Waals surface area contributed by atoms with Crippen LogP contribution in [0.3, 0.4) is 0 Å². The van der Waals surface area contributed by atoms with Crippen LogP contribution in [-0.4, -0.2) is 50.0 Å². The lowest BCUT2D eigenvalue weighted by Gasteiger charge is -2.27. The minimum absolute atomic E-state index is 0.0169. The van der Waals surface area contributed by atoms with Crippen LogP contribution in [0.25, 0.3) is 0 Å². The molecule has 0 saturated carbocycles. The molecule has 4 heteroatoms.